The third-order valence-electron chi connectivity index (χ3n) is 5.54. The fraction of sp³-hybridized carbons (Fsp3) is 0.579. The Balaban J connectivity index is 1.49. The lowest BCUT2D eigenvalue weighted by Gasteiger charge is -2.26. The molecule has 0 aliphatic carbocycles. The molecule has 2 unspecified atom stereocenters. The zero-order chi connectivity index (χ0) is 17.8. The van der Waals surface area contributed by atoms with Crippen molar-refractivity contribution < 1.29 is 9.59 Å². The summed E-state index contributed by atoms with van der Waals surface area (Å²) in [6, 6.07) is 8.71. The Kier molecular flexibility index (Phi) is 5.58. The fourth-order valence-corrected chi connectivity index (χ4v) is 3.93. The molecule has 0 radical (unpaired) electrons. The number of nitrogens with zero attached hydrogens (tertiary/aromatic N) is 2. The third kappa shape index (κ3) is 4.12. The summed E-state index contributed by atoms with van der Waals surface area (Å²) in [6.45, 7) is 2.24. The number of carbonyl (C=O) groups excluding carboxylic acids is 2. The second-order valence-corrected chi connectivity index (χ2v) is 7.05. The molecule has 1 aromatic carbocycles. The van der Waals surface area contributed by atoms with Crippen LogP contribution in [0.5, 0.6) is 0 Å². The van der Waals surface area contributed by atoms with Crippen molar-refractivity contribution >= 4 is 11.9 Å². The highest BCUT2D eigenvalue weighted by atomic mass is 16.2. The van der Waals surface area contributed by atoms with Crippen LogP contribution in [0, 0.1) is 0 Å². The molecular weight excluding hydrogens is 316 g/mol. The summed E-state index contributed by atoms with van der Waals surface area (Å²) in [7, 11) is 3.81. The molecule has 136 valence electrons. The van der Waals surface area contributed by atoms with Crippen molar-refractivity contribution in [2.45, 2.75) is 37.8 Å². The van der Waals surface area contributed by atoms with Crippen LogP contribution in [0.4, 0.5) is 4.79 Å². The Bertz CT molecular complexity index is 634. The maximum Gasteiger partial charge on any atom is 0.317 e. The van der Waals surface area contributed by atoms with E-state index in [1.807, 2.05) is 23.1 Å². The summed E-state index contributed by atoms with van der Waals surface area (Å²) in [6.07, 6.45) is 4.24. The van der Waals surface area contributed by atoms with Gasteiger partial charge in [-0.25, -0.2) is 4.79 Å². The molecule has 2 N–H and O–H groups in total. The molecule has 3 amide bonds. The number of hydrogen-bond donors (Lipinski definition) is 2. The van der Waals surface area contributed by atoms with Gasteiger partial charge in [0.05, 0.1) is 0 Å². The van der Waals surface area contributed by atoms with Gasteiger partial charge in [-0.05, 0) is 50.4 Å². The highest BCUT2D eigenvalue weighted by Crippen LogP contribution is 2.28. The standard InChI is InChI=1S/C19H28N4O2/c1-20-18(24)15-5-3-4-14(12-15)8-10-21-19(25)23-11-9-16-6-7-17(13-23)22(16)2/h3-5,12,16-17H,6-11,13H2,1-2H3,(H,20,24)(H,21,25). The van der Waals surface area contributed by atoms with Crippen molar-refractivity contribution in [3.8, 4) is 0 Å². The fourth-order valence-electron chi connectivity index (χ4n) is 3.93. The summed E-state index contributed by atoms with van der Waals surface area (Å²) in [5, 5.41) is 5.66. The smallest absolute Gasteiger partial charge is 0.317 e. The Labute approximate surface area is 149 Å². The molecule has 3 rings (SSSR count). The largest absolute Gasteiger partial charge is 0.355 e. The second-order valence-electron chi connectivity index (χ2n) is 7.05. The molecule has 0 spiro atoms. The first-order valence-electron chi connectivity index (χ1n) is 9.14. The summed E-state index contributed by atoms with van der Waals surface area (Å²) in [5.74, 6) is -0.0883. The van der Waals surface area contributed by atoms with E-state index in [1.54, 1.807) is 13.1 Å². The maximum atomic E-state index is 12.5. The molecule has 0 saturated carbocycles. The molecule has 6 heteroatoms. The summed E-state index contributed by atoms with van der Waals surface area (Å²) in [5.41, 5.74) is 1.70. The number of likely N-dealkylation sites (N-methyl/N-ethyl adjacent to an activating group) is 1. The monoisotopic (exact) mass is 344 g/mol. The molecule has 2 aliphatic rings. The van der Waals surface area contributed by atoms with Crippen LogP contribution in [-0.2, 0) is 6.42 Å². The molecule has 2 atom stereocenters. The van der Waals surface area contributed by atoms with E-state index in [0.717, 1.165) is 31.5 Å². The Morgan fingerprint density at radius 2 is 2.00 bits per heavy atom. The number of amides is 3. The Morgan fingerprint density at radius 1 is 1.20 bits per heavy atom. The second kappa shape index (κ2) is 7.87. The van der Waals surface area contributed by atoms with Gasteiger partial charge in [0.1, 0.15) is 0 Å². The average molecular weight is 344 g/mol. The lowest BCUT2D eigenvalue weighted by molar-refractivity contribution is 0.0963. The van der Waals surface area contributed by atoms with Gasteiger partial charge in [-0.15, -0.1) is 0 Å². The highest BCUT2D eigenvalue weighted by molar-refractivity contribution is 5.94. The lowest BCUT2D eigenvalue weighted by Crippen LogP contribution is -2.45. The number of carbonyl (C=O) groups is 2. The molecule has 0 aromatic heterocycles. The van der Waals surface area contributed by atoms with Crippen LogP contribution in [0.25, 0.3) is 0 Å². The van der Waals surface area contributed by atoms with Crippen LogP contribution in [0.3, 0.4) is 0 Å². The first kappa shape index (κ1) is 17.7. The lowest BCUT2D eigenvalue weighted by atomic mass is 10.1. The number of likely N-dealkylation sites (tertiary alicyclic amines) is 1. The van der Waals surface area contributed by atoms with Gasteiger partial charge in [0.2, 0.25) is 0 Å². The SMILES string of the molecule is CNC(=O)c1cccc(CCNC(=O)N2CCC3CCC(C2)N3C)c1. The quantitative estimate of drug-likeness (QED) is 0.869. The van der Waals surface area contributed by atoms with Crippen LogP contribution < -0.4 is 10.6 Å². The van der Waals surface area contributed by atoms with Crippen molar-refractivity contribution in [1.82, 2.24) is 20.4 Å². The molecule has 1 aromatic rings. The van der Waals surface area contributed by atoms with Crippen LogP contribution in [-0.4, -0.2) is 67.6 Å². The normalized spacial score (nSPS) is 23.2. The van der Waals surface area contributed by atoms with Gasteiger partial charge in [0.25, 0.3) is 5.91 Å². The van der Waals surface area contributed by atoms with Gasteiger partial charge < -0.3 is 15.5 Å². The number of urea groups is 1. The van der Waals surface area contributed by atoms with Crippen LogP contribution in [0.2, 0.25) is 0 Å². The van der Waals surface area contributed by atoms with Gasteiger partial charge >= 0.3 is 6.03 Å². The number of rotatable bonds is 4. The minimum Gasteiger partial charge on any atom is -0.355 e. The molecule has 2 saturated heterocycles. The van der Waals surface area contributed by atoms with E-state index in [-0.39, 0.29) is 11.9 Å². The van der Waals surface area contributed by atoms with Crippen LogP contribution in [0.1, 0.15) is 35.2 Å². The van der Waals surface area contributed by atoms with E-state index in [4.69, 9.17) is 0 Å². The van der Waals surface area contributed by atoms with E-state index in [9.17, 15) is 9.59 Å². The third-order valence-corrected chi connectivity index (χ3v) is 5.54. The minimum absolute atomic E-state index is 0.0309. The minimum atomic E-state index is -0.0883. The number of fused-ring (bicyclic) bond motifs is 2. The number of hydrogen-bond acceptors (Lipinski definition) is 3. The molecule has 2 bridgehead atoms. The van der Waals surface area contributed by atoms with E-state index in [1.165, 1.54) is 12.8 Å². The van der Waals surface area contributed by atoms with Crippen molar-refractivity contribution in [1.29, 1.82) is 0 Å². The molecular formula is C19H28N4O2. The molecule has 2 fully saturated rings. The molecule has 2 aliphatic heterocycles. The Morgan fingerprint density at radius 3 is 2.80 bits per heavy atom. The van der Waals surface area contributed by atoms with Crippen molar-refractivity contribution in [3.05, 3.63) is 35.4 Å². The maximum absolute atomic E-state index is 12.5. The summed E-state index contributed by atoms with van der Waals surface area (Å²) >= 11 is 0. The summed E-state index contributed by atoms with van der Waals surface area (Å²) in [4.78, 5) is 28.6. The molecule has 6 nitrogen and oxygen atoms in total. The van der Waals surface area contributed by atoms with E-state index < -0.39 is 0 Å². The van der Waals surface area contributed by atoms with Gasteiger partial charge in [-0.3, -0.25) is 9.69 Å². The predicted molar refractivity (Wildman–Crippen MR) is 97.7 cm³/mol. The van der Waals surface area contributed by atoms with Crippen molar-refractivity contribution in [2.24, 2.45) is 0 Å². The molecule has 2 heterocycles. The summed E-state index contributed by atoms with van der Waals surface area (Å²) < 4.78 is 0. The Hall–Kier alpha value is -2.08. The van der Waals surface area contributed by atoms with Crippen LogP contribution in [0.15, 0.2) is 24.3 Å². The van der Waals surface area contributed by atoms with Crippen molar-refractivity contribution in [2.75, 3.05) is 33.7 Å². The van der Waals surface area contributed by atoms with Gasteiger partial charge in [0.15, 0.2) is 0 Å². The topological polar surface area (TPSA) is 64.7 Å². The average Bonchev–Trinajstić information content (AvgIpc) is 2.86. The van der Waals surface area contributed by atoms with Crippen molar-refractivity contribution in [3.63, 3.8) is 0 Å². The molecule has 25 heavy (non-hydrogen) atoms. The van der Waals surface area contributed by atoms with E-state index in [2.05, 4.69) is 22.6 Å². The van der Waals surface area contributed by atoms with Gasteiger partial charge in [0, 0.05) is 44.3 Å². The zero-order valence-corrected chi connectivity index (χ0v) is 15.1. The van der Waals surface area contributed by atoms with Gasteiger partial charge in [-0.2, -0.15) is 0 Å². The van der Waals surface area contributed by atoms with E-state index >= 15 is 0 Å². The number of benzene rings is 1. The number of nitrogens with one attached hydrogen (secondary N) is 2. The zero-order valence-electron chi connectivity index (χ0n) is 15.1. The highest BCUT2D eigenvalue weighted by Gasteiger charge is 2.35. The van der Waals surface area contributed by atoms with Crippen LogP contribution >= 0.6 is 0 Å². The predicted octanol–water partition coefficient (Wildman–Crippen LogP) is 1.47. The van der Waals surface area contributed by atoms with Gasteiger partial charge in [-0.1, -0.05) is 12.1 Å². The first-order chi connectivity index (χ1) is 12.1. The first-order valence-corrected chi connectivity index (χ1v) is 9.14. The van der Waals surface area contributed by atoms with E-state index in [0.29, 0.717) is 24.2 Å².